The van der Waals surface area contributed by atoms with E-state index in [-0.39, 0.29) is 5.91 Å². The van der Waals surface area contributed by atoms with Gasteiger partial charge in [-0.15, -0.1) is 11.8 Å². The molecule has 3 rings (SSSR count). The second-order valence-electron chi connectivity index (χ2n) is 7.15. The third-order valence-electron chi connectivity index (χ3n) is 5.41. The Labute approximate surface area is 177 Å². The molecule has 0 N–H and O–H groups in total. The zero-order valence-electron chi connectivity index (χ0n) is 16.8. The Morgan fingerprint density at radius 3 is 2.24 bits per heavy atom. The number of thioether (sulfide) groups is 1. The number of aryl methyl sites for hydroxylation is 1. The molecule has 1 aliphatic rings. The number of carbonyl (C=O) groups excluding carboxylic acids is 1. The lowest BCUT2D eigenvalue weighted by Gasteiger charge is -2.32. The first-order valence-electron chi connectivity index (χ1n) is 9.72. The molecule has 5 nitrogen and oxygen atoms in total. The summed E-state index contributed by atoms with van der Waals surface area (Å²) in [5.41, 5.74) is 1.15. The van der Waals surface area contributed by atoms with E-state index in [1.54, 1.807) is 48.0 Å². The van der Waals surface area contributed by atoms with Crippen LogP contribution in [0.4, 0.5) is 0 Å². The van der Waals surface area contributed by atoms with Crippen LogP contribution in [0.3, 0.4) is 0 Å². The first-order valence-corrected chi connectivity index (χ1v) is 12.5. The summed E-state index contributed by atoms with van der Waals surface area (Å²) in [6.45, 7) is 0.981. The maximum atomic E-state index is 12.9. The van der Waals surface area contributed by atoms with Crippen LogP contribution in [0.5, 0.6) is 5.75 Å². The summed E-state index contributed by atoms with van der Waals surface area (Å²) in [7, 11) is -1.84. The molecule has 1 aliphatic heterocycles. The Hall–Kier alpha value is -1.99. The van der Waals surface area contributed by atoms with E-state index < -0.39 is 15.1 Å². The number of rotatable bonds is 7. The van der Waals surface area contributed by atoms with Crippen LogP contribution in [0.25, 0.3) is 0 Å². The van der Waals surface area contributed by atoms with Crippen molar-refractivity contribution in [3.63, 3.8) is 0 Å². The Morgan fingerprint density at radius 2 is 1.69 bits per heavy atom. The number of likely N-dealkylation sites (tertiary alicyclic amines) is 1. The van der Waals surface area contributed by atoms with Crippen molar-refractivity contribution in [2.24, 2.45) is 0 Å². The molecule has 0 saturated carbocycles. The average molecular weight is 434 g/mol. The number of benzene rings is 2. The SMILES string of the molecule is COc1ccc(S(=O)(=O)C2CCN(C(=O)CCc3ccc(SC)cc3)CC2)cc1. The molecule has 29 heavy (non-hydrogen) atoms. The quantitative estimate of drug-likeness (QED) is 0.621. The highest BCUT2D eigenvalue weighted by atomic mass is 32.2. The first-order chi connectivity index (χ1) is 13.9. The van der Waals surface area contributed by atoms with E-state index >= 15 is 0 Å². The first kappa shape index (κ1) is 21.7. The van der Waals surface area contributed by atoms with Crippen molar-refractivity contribution >= 4 is 27.5 Å². The molecule has 0 aromatic heterocycles. The van der Waals surface area contributed by atoms with Gasteiger partial charge in [0.1, 0.15) is 5.75 Å². The summed E-state index contributed by atoms with van der Waals surface area (Å²) in [5, 5.41) is -0.445. The highest BCUT2D eigenvalue weighted by molar-refractivity contribution is 7.98. The fourth-order valence-corrected chi connectivity index (χ4v) is 5.71. The van der Waals surface area contributed by atoms with Gasteiger partial charge in [-0.2, -0.15) is 0 Å². The molecule has 1 heterocycles. The molecule has 0 bridgehead atoms. The Balaban J connectivity index is 1.52. The second-order valence-corrected chi connectivity index (χ2v) is 10.3. The summed E-state index contributed by atoms with van der Waals surface area (Å²) in [5.74, 6) is 0.728. The monoisotopic (exact) mass is 433 g/mol. The second kappa shape index (κ2) is 9.67. The summed E-state index contributed by atoms with van der Waals surface area (Å²) in [6.07, 6.45) is 4.15. The van der Waals surface area contributed by atoms with E-state index in [1.807, 2.05) is 6.26 Å². The van der Waals surface area contributed by atoms with Crippen molar-refractivity contribution in [2.75, 3.05) is 26.5 Å². The minimum atomic E-state index is -3.39. The van der Waals surface area contributed by atoms with Crippen molar-refractivity contribution in [1.82, 2.24) is 4.90 Å². The molecule has 0 atom stereocenters. The fraction of sp³-hybridized carbons (Fsp3) is 0.409. The number of nitrogens with zero attached hydrogens (tertiary/aromatic N) is 1. The highest BCUT2D eigenvalue weighted by Gasteiger charge is 2.32. The van der Waals surface area contributed by atoms with Gasteiger partial charge in [0, 0.05) is 24.4 Å². The van der Waals surface area contributed by atoms with Crippen LogP contribution in [-0.2, 0) is 21.1 Å². The van der Waals surface area contributed by atoms with E-state index in [0.717, 1.165) is 5.56 Å². The highest BCUT2D eigenvalue weighted by Crippen LogP contribution is 2.26. The molecule has 1 saturated heterocycles. The Kier molecular flexibility index (Phi) is 7.24. The van der Waals surface area contributed by atoms with E-state index in [1.165, 1.54) is 4.90 Å². The number of piperidine rings is 1. The van der Waals surface area contributed by atoms with E-state index in [2.05, 4.69) is 24.3 Å². The minimum absolute atomic E-state index is 0.0965. The molecular formula is C22H27NO4S2. The van der Waals surface area contributed by atoms with Crippen LogP contribution < -0.4 is 4.74 Å². The molecule has 0 unspecified atom stereocenters. The average Bonchev–Trinajstić information content (AvgIpc) is 2.78. The predicted molar refractivity (Wildman–Crippen MR) is 116 cm³/mol. The van der Waals surface area contributed by atoms with Gasteiger partial charge in [0.25, 0.3) is 0 Å². The molecule has 2 aromatic carbocycles. The molecule has 2 aromatic rings. The van der Waals surface area contributed by atoms with Crippen LogP contribution in [0.15, 0.2) is 58.3 Å². The smallest absolute Gasteiger partial charge is 0.222 e. The number of hydrogen-bond donors (Lipinski definition) is 0. The molecular weight excluding hydrogens is 406 g/mol. The van der Waals surface area contributed by atoms with Gasteiger partial charge >= 0.3 is 0 Å². The topological polar surface area (TPSA) is 63.7 Å². The minimum Gasteiger partial charge on any atom is -0.497 e. The van der Waals surface area contributed by atoms with Gasteiger partial charge in [0.2, 0.25) is 5.91 Å². The maximum Gasteiger partial charge on any atom is 0.222 e. The van der Waals surface area contributed by atoms with Crippen molar-refractivity contribution in [2.45, 2.75) is 40.7 Å². The lowest BCUT2D eigenvalue weighted by Crippen LogP contribution is -2.42. The number of carbonyl (C=O) groups is 1. The maximum absolute atomic E-state index is 12.9. The predicted octanol–water partition coefficient (Wildman–Crippen LogP) is 3.81. The van der Waals surface area contributed by atoms with Crippen molar-refractivity contribution < 1.29 is 17.9 Å². The van der Waals surface area contributed by atoms with Crippen molar-refractivity contribution in [3.05, 3.63) is 54.1 Å². The summed E-state index contributed by atoms with van der Waals surface area (Å²) in [6, 6.07) is 14.8. The van der Waals surface area contributed by atoms with Crippen LogP contribution in [0.1, 0.15) is 24.8 Å². The number of methoxy groups -OCH3 is 1. The van der Waals surface area contributed by atoms with Crippen LogP contribution in [0.2, 0.25) is 0 Å². The number of sulfone groups is 1. The molecule has 156 valence electrons. The van der Waals surface area contributed by atoms with Gasteiger partial charge in [0.05, 0.1) is 17.3 Å². The normalized spacial score (nSPS) is 15.3. The van der Waals surface area contributed by atoms with E-state index in [4.69, 9.17) is 4.74 Å². The number of amides is 1. The van der Waals surface area contributed by atoms with Gasteiger partial charge in [-0.05, 0) is 67.5 Å². The third kappa shape index (κ3) is 5.34. The van der Waals surface area contributed by atoms with Gasteiger partial charge in [-0.25, -0.2) is 8.42 Å². The summed E-state index contributed by atoms with van der Waals surface area (Å²) < 4.78 is 30.9. The standard InChI is InChI=1S/C22H27NO4S2/c1-27-18-6-10-20(11-7-18)29(25,26)21-13-15-23(16-14-21)22(24)12-5-17-3-8-19(28-2)9-4-17/h3-4,6-11,21H,5,12-16H2,1-2H3. The molecule has 0 radical (unpaired) electrons. The zero-order chi connectivity index (χ0) is 20.9. The summed E-state index contributed by atoms with van der Waals surface area (Å²) >= 11 is 1.70. The van der Waals surface area contributed by atoms with Gasteiger partial charge < -0.3 is 9.64 Å². The van der Waals surface area contributed by atoms with Gasteiger partial charge in [-0.3, -0.25) is 4.79 Å². The molecule has 0 aliphatic carbocycles. The number of hydrogen-bond acceptors (Lipinski definition) is 5. The van der Waals surface area contributed by atoms with Crippen LogP contribution in [0, 0.1) is 0 Å². The fourth-order valence-electron chi connectivity index (χ4n) is 3.57. The van der Waals surface area contributed by atoms with E-state index in [9.17, 15) is 13.2 Å². The lowest BCUT2D eigenvalue weighted by molar-refractivity contribution is -0.132. The molecule has 1 amide bonds. The lowest BCUT2D eigenvalue weighted by atomic mass is 10.1. The number of ether oxygens (including phenoxy) is 1. The summed E-state index contributed by atoms with van der Waals surface area (Å²) in [4.78, 5) is 15.9. The Bertz CT molecular complexity index is 916. The third-order valence-corrected chi connectivity index (χ3v) is 8.43. The Morgan fingerprint density at radius 1 is 1.07 bits per heavy atom. The largest absolute Gasteiger partial charge is 0.497 e. The van der Waals surface area contributed by atoms with Crippen molar-refractivity contribution in [1.29, 1.82) is 0 Å². The molecule has 0 spiro atoms. The van der Waals surface area contributed by atoms with E-state index in [0.29, 0.717) is 49.4 Å². The van der Waals surface area contributed by atoms with Crippen LogP contribution in [-0.4, -0.2) is 50.9 Å². The van der Waals surface area contributed by atoms with Gasteiger partial charge in [0.15, 0.2) is 9.84 Å². The molecule has 7 heteroatoms. The van der Waals surface area contributed by atoms with Crippen molar-refractivity contribution in [3.8, 4) is 5.75 Å². The van der Waals surface area contributed by atoms with Gasteiger partial charge in [-0.1, -0.05) is 12.1 Å². The zero-order valence-corrected chi connectivity index (χ0v) is 18.5. The molecule has 1 fully saturated rings. The van der Waals surface area contributed by atoms with Crippen LogP contribution >= 0.6 is 11.8 Å².